The van der Waals surface area contributed by atoms with Crippen molar-refractivity contribution in [2.45, 2.75) is 12.8 Å². The first-order valence-corrected chi connectivity index (χ1v) is 5.02. The van der Waals surface area contributed by atoms with Gasteiger partial charge >= 0.3 is 5.97 Å². The minimum Gasteiger partial charge on any atom is -0.478 e. The first kappa shape index (κ1) is 10.0. The molecule has 0 spiro atoms. The zero-order valence-corrected chi connectivity index (χ0v) is 8.39. The van der Waals surface area contributed by atoms with Crippen molar-refractivity contribution in [2.75, 3.05) is 19.6 Å². The molecule has 1 aliphatic heterocycles. The summed E-state index contributed by atoms with van der Waals surface area (Å²) >= 11 is 0. The molecule has 2 rings (SSSR count). The number of hydrogen-bond donors (Lipinski definition) is 1. The summed E-state index contributed by atoms with van der Waals surface area (Å²) < 4.78 is 0. The molecule has 1 aromatic heterocycles. The first-order chi connectivity index (χ1) is 7.25. The van der Waals surface area contributed by atoms with Crippen LogP contribution in [0.15, 0.2) is 12.4 Å². The van der Waals surface area contributed by atoms with Crippen LogP contribution >= 0.6 is 0 Å². The van der Waals surface area contributed by atoms with Gasteiger partial charge in [0.15, 0.2) is 0 Å². The molecule has 2 heterocycles. The molecule has 5 nitrogen and oxygen atoms in total. The summed E-state index contributed by atoms with van der Waals surface area (Å²) in [6, 6.07) is 0. The van der Waals surface area contributed by atoms with E-state index in [0.29, 0.717) is 5.82 Å². The third-order valence-corrected chi connectivity index (χ3v) is 2.55. The lowest BCUT2D eigenvalue weighted by Gasteiger charge is -2.30. The van der Waals surface area contributed by atoms with Crippen molar-refractivity contribution in [1.82, 2.24) is 14.9 Å². The Bertz CT molecular complexity index is 346. The minimum absolute atomic E-state index is 0.141. The lowest BCUT2D eigenvalue weighted by molar-refractivity contribution is 0.0696. The molecule has 1 N–H and O–H groups in total. The normalized spacial score (nSPS) is 16.0. The number of nitrogens with zero attached hydrogens (tertiary/aromatic N) is 3. The molecule has 0 aliphatic carbocycles. The number of carbonyl (C=O) groups is 1. The molecular formula is C10H13N3O2. The molecule has 0 atom stereocenters. The van der Waals surface area contributed by atoms with Crippen molar-refractivity contribution >= 4 is 5.97 Å². The van der Waals surface area contributed by atoms with E-state index in [1.54, 1.807) is 0 Å². The Kier molecular flexibility index (Phi) is 2.91. The smallest absolute Gasteiger partial charge is 0.338 e. The minimum atomic E-state index is -0.982. The van der Waals surface area contributed by atoms with Gasteiger partial charge in [-0.3, -0.25) is 0 Å². The van der Waals surface area contributed by atoms with Crippen LogP contribution in [0.1, 0.15) is 22.6 Å². The van der Waals surface area contributed by atoms with Gasteiger partial charge in [-0.1, -0.05) is 0 Å². The van der Waals surface area contributed by atoms with Gasteiger partial charge in [-0.25, -0.2) is 14.8 Å². The largest absolute Gasteiger partial charge is 0.478 e. The van der Waals surface area contributed by atoms with E-state index in [1.807, 2.05) is 0 Å². The van der Waals surface area contributed by atoms with Crippen molar-refractivity contribution in [3.05, 3.63) is 23.8 Å². The average molecular weight is 207 g/mol. The Labute approximate surface area is 87.8 Å². The van der Waals surface area contributed by atoms with Gasteiger partial charge in [0.1, 0.15) is 5.82 Å². The van der Waals surface area contributed by atoms with E-state index in [0.717, 1.165) is 26.1 Å². The van der Waals surface area contributed by atoms with Crippen molar-refractivity contribution in [1.29, 1.82) is 0 Å². The van der Waals surface area contributed by atoms with Gasteiger partial charge in [0, 0.05) is 25.4 Å². The average Bonchev–Trinajstić information content (AvgIpc) is 2.16. The van der Waals surface area contributed by atoms with Crippen LogP contribution in [0.4, 0.5) is 0 Å². The third-order valence-electron chi connectivity index (χ3n) is 2.55. The highest BCUT2D eigenvalue weighted by Crippen LogP contribution is 2.06. The highest BCUT2D eigenvalue weighted by atomic mass is 16.4. The van der Waals surface area contributed by atoms with Crippen LogP contribution in [0.3, 0.4) is 0 Å². The summed E-state index contributed by atoms with van der Waals surface area (Å²) in [4.78, 5) is 20.9. The molecule has 5 heteroatoms. The molecule has 15 heavy (non-hydrogen) atoms. The molecule has 1 fully saturated rings. The zero-order valence-electron chi connectivity index (χ0n) is 8.39. The molecule has 0 aromatic carbocycles. The Morgan fingerprint density at radius 1 is 1.40 bits per heavy atom. The molecule has 1 aliphatic rings. The van der Waals surface area contributed by atoms with E-state index >= 15 is 0 Å². The standard InChI is InChI=1S/C10H13N3O2/c14-10(15)8-6-11-9(12-7-8)2-5-13-3-1-4-13/h6-7H,1-5H2,(H,14,15). The van der Waals surface area contributed by atoms with E-state index in [9.17, 15) is 4.79 Å². The Balaban J connectivity index is 1.88. The van der Waals surface area contributed by atoms with Crippen molar-refractivity contribution in [3.8, 4) is 0 Å². The monoisotopic (exact) mass is 207 g/mol. The maximum Gasteiger partial charge on any atom is 0.338 e. The molecule has 80 valence electrons. The summed E-state index contributed by atoms with van der Waals surface area (Å²) in [5, 5.41) is 8.65. The zero-order chi connectivity index (χ0) is 10.7. The van der Waals surface area contributed by atoms with E-state index in [2.05, 4.69) is 14.9 Å². The van der Waals surface area contributed by atoms with E-state index in [-0.39, 0.29) is 5.56 Å². The third kappa shape index (κ3) is 2.50. The second-order valence-electron chi connectivity index (χ2n) is 3.64. The Morgan fingerprint density at radius 3 is 2.53 bits per heavy atom. The van der Waals surface area contributed by atoms with E-state index < -0.39 is 5.97 Å². The molecule has 1 saturated heterocycles. The fraction of sp³-hybridized carbons (Fsp3) is 0.500. The maximum atomic E-state index is 10.5. The number of rotatable bonds is 4. The molecule has 0 amide bonds. The number of aromatic nitrogens is 2. The van der Waals surface area contributed by atoms with Crippen molar-refractivity contribution in [3.63, 3.8) is 0 Å². The van der Waals surface area contributed by atoms with Gasteiger partial charge in [-0.05, 0) is 19.5 Å². The second-order valence-corrected chi connectivity index (χ2v) is 3.64. The first-order valence-electron chi connectivity index (χ1n) is 5.02. The summed E-state index contributed by atoms with van der Waals surface area (Å²) in [5.41, 5.74) is 0.141. The van der Waals surface area contributed by atoms with Crippen LogP contribution in [0.25, 0.3) is 0 Å². The lowest BCUT2D eigenvalue weighted by atomic mass is 10.2. The molecular weight excluding hydrogens is 194 g/mol. The Hall–Kier alpha value is -1.49. The van der Waals surface area contributed by atoms with Gasteiger partial charge < -0.3 is 10.0 Å². The number of carboxylic acid groups (broad SMARTS) is 1. The highest BCUT2D eigenvalue weighted by Gasteiger charge is 2.13. The van der Waals surface area contributed by atoms with Crippen LogP contribution in [0.5, 0.6) is 0 Å². The number of carboxylic acids is 1. The Morgan fingerprint density at radius 2 is 2.07 bits per heavy atom. The van der Waals surface area contributed by atoms with Crippen LogP contribution < -0.4 is 0 Å². The molecule has 0 radical (unpaired) electrons. The summed E-state index contributed by atoms with van der Waals surface area (Å²) in [5.74, 6) is -0.267. The predicted molar refractivity (Wildman–Crippen MR) is 53.8 cm³/mol. The van der Waals surface area contributed by atoms with Crippen molar-refractivity contribution < 1.29 is 9.90 Å². The van der Waals surface area contributed by atoms with Crippen LogP contribution in [-0.2, 0) is 6.42 Å². The topological polar surface area (TPSA) is 66.3 Å². The quantitative estimate of drug-likeness (QED) is 0.775. The molecule has 0 unspecified atom stereocenters. The van der Waals surface area contributed by atoms with Gasteiger partial charge in [0.05, 0.1) is 5.56 Å². The van der Waals surface area contributed by atoms with Crippen LogP contribution in [0, 0.1) is 0 Å². The van der Waals surface area contributed by atoms with E-state index in [1.165, 1.54) is 18.8 Å². The highest BCUT2D eigenvalue weighted by molar-refractivity contribution is 5.86. The number of likely N-dealkylation sites (tertiary alicyclic amines) is 1. The summed E-state index contributed by atoms with van der Waals surface area (Å²) in [7, 11) is 0. The predicted octanol–water partition coefficient (Wildman–Crippen LogP) is 0.423. The second kappa shape index (κ2) is 4.35. The summed E-state index contributed by atoms with van der Waals surface area (Å²) in [6.07, 6.45) is 4.79. The van der Waals surface area contributed by atoms with E-state index in [4.69, 9.17) is 5.11 Å². The van der Waals surface area contributed by atoms with Crippen LogP contribution in [-0.4, -0.2) is 45.6 Å². The maximum absolute atomic E-state index is 10.5. The fourth-order valence-electron chi connectivity index (χ4n) is 1.46. The van der Waals surface area contributed by atoms with Crippen LogP contribution in [0.2, 0.25) is 0 Å². The molecule has 1 aromatic rings. The van der Waals surface area contributed by atoms with Gasteiger partial charge in [-0.2, -0.15) is 0 Å². The fourth-order valence-corrected chi connectivity index (χ4v) is 1.46. The molecule has 0 saturated carbocycles. The SMILES string of the molecule is O=C(O)c1cnc(CCN2CCC2)nc1. The van der Waals surface area contributed by atoms with Gasteiger partial charge in [0.25, 0.3) is 0 Å². The van der Waals surface area contributed by atoms with Crippen molar-refractivity contribution in [2.24, 2.45) is 0 Å². The molecule has 0 bridgehead atoms. The summed E-state index contributed by atoms with van der Waals surface area (Å²) in [6.45, 7) is 3.28. The lowest BCUT2D eigenvalue weighted by Crippen LogP contribution is -2.38. The number of aromatic carboxylic acids is 1. The van der Waals surface area contributed by atoms with Gasteiger partial charge in [0.2, 0.25) is 0 Å². The number of hydrogen-bond acceptors (Lipinski definition) is 4. The van der Waals surface area contributed by atoms with Gasteiger partial charge in [-0.15, -0.1) is 0 Å².